The van der Waals surface area contributed by atoms with Crippen molar-refractivity contribution < 1.29 is 4.79 Å². The largest absolute Gasteiger partial charge is 0.349 e. The zero-order valence-electron chi connectivity index (χ0n) is 18.4. The lowest BCUT2D eigenvalue weighted by atomic mass is 9.92. The standard InChI is InChI=1S/C22H32N6O2/c1-16-13-24-18(15-23-16)21(30)25-14-17-7-5-6-10-27(17)11-12-28-20(29)9-8-19(26-28)22(2,3)4/h8-9,13,15,17H,5-7,10-12,14H2,1-4H3,(H,25,30). The number of carbonyl (C=O) groups excluding carboxylic acids is 1. The van der Waals surface area contributed by atoms with Crippen LogP contribution in [0.2, 0.25) is 0 Å². The predicted octanol–water partition coefficient (Wildman–Crippen LogP) is 1.92. The first kappa shape index (κ1) is 22.1. The number of aromatic nitrogens is 4. The van der Waals surface area contributed by atoms with Gasteiger partial charge in [-0.3, -0.25) is 19.5 Å². The van der Waals surface area contributed by atoms with Gasteiger partial charge in [0.15, 0.2) is 0 Å². The van der Waals surface area contributed by atoms with Crippen LogP contribution in [0.25, 0.3) is 0 Å². The van der Waals surface area contributed by atoms with Gasteiger partial charge in [0, 0.05) is 36.8 Å². The quantitative estimate of drug-likeness (QED) is 0.779. The van der Waals surface area contributed by atoms with Gasteiger partial charge in [0.1, 0.15) is 5.69 Å². The van der Waals surface area contributed by atoms with Crippen molar-refractivity contribution in [3.8, 4) is 0 Å². The van der Waals surface area contributed by atoms with E-state index in [4.69, 9.17) is 0 Å². The number of piperidine rings is 1. The Balaban J connectivity index is 1.60. The second-order valence-corrected chi connectivity index (χ2v) is 8.97. The third-order valence-electron chi connectivity index (χ3n) is 5.49. The lowest BCUT2D eigenvalue weighted by molar-refractivity contribution is 0.0904. The Morgan fingerprint density at radius 2 is 1.97 bits per heavy atom. The molecule has 162 valence electrons. The van der Waals surface area contributed by atoms with E-state index in [1.54, 1.807) is 16.9 Å². The van der Waals surface area contributed by atoms with Crippen molar-refractivity contribution in [2.24, 2.45) is 0 Å². The van der Waals surface area contributed by atoms with Crippen LogP contribution in [0.5, 0.6) is 0 Å². The molecule has 1 unspecified atom stereocenters. The van der Waals surface area contributed by atoms with Crippen LogP contribution in [0.4, 0.5) is 0 Å². The van der Waals surface area contributed by atoms with Crippen LogP contribution in [0.1, 0.15) is 61.9 Å². The monoisotopic (exact) mass is 412 g/mol. The first-order chi connectivity index (χ1) is 14.2. The van der Waals surface area contributed by atoms with Crippen molar-refractivity contribution in [2.75, 3.05) is 19.6 Å². The fourth-order valence-electron chi connectivity index (χ4n) is 3.63. The lowest BCUT2D eigenvalue weighted by Crippen LogP contribution is -2.48. The number of hydrogen-bond donors (Lipinski definition) is 1. The third kappa shape index (κ3) is 5.72. The van der Waals surface area contributed by atoms with Gasteiger partial charge in [0.05, 0.1) is 24.1 Å². The molecule has 8 heteroatoms. The first-order valence-electron chi connectivity index (χ1n) is 10.6. The highest BCUT2D eigenvalue weighted by molar-refractivity contribution is 5.91. The Bertz CT molecular complexity index is 916. The molecule has 1 fully saturated rings. The topological polar surface area (TPSA) is 93.0 Å². The summed E-state index contributed by atoms with van der Waals surface area (Å²) in [7, 11) is 0. The molecular weight excluding hydrogens is 380 g/mol. The van der Waals surface area contributed by atoms with E-state index < -0.39 is 0 Å². The summed E-state index contributed by atoms with van der Waals surface area (Å²) in [5.41, 5.74) is 1.83. The van der Waals surface area contributed by atoms with Crippen LogP contribution in [0, 0.1) is 6.92 Å². The van der Waals surface area contributed by atoms with E-state index in [-0.39, 0.29) is 22.9 Å². The van der Waals surface area contributed by atoms with Crippen LogP contribution < -0.4 is 10.9 Å². The minimum Gasteiger partial charge on any atom is -0.349 e. The zero-order valence-corrected chi connectivity index (χ0v) is 18.4. The van der Waals surface area contributed by atoms with E-state index in [2.05, 4.69) is 46.1 Å². The second kappa shape index (κ2) is 9.47. The number of rotatable bonds is 6. The van der Waals surface area contributed by atoms with Crippen molar-refractivity contribution >= 4 is 5.91 Å². The Kier molecular flexibility index (Phi) is 6.97. The second-order valence-electron chi connectivity index (χ2n) is 8.97. The Morgan fingerprint density at radius 1 is 1.17 bits per heavy atom. The summed E-state index contributed by atoms with van der Waals surface area (Å²) in [6.45, 7) is 10.9. The molecule has 3 heterocycles. The van der Waals surface area contributed by atoms with Crippen molar-refractivity contribution in [3.63, 3.8) is 0 Å². The summed E-state index contributed by atoms with van der Waals surface area (Å²) in [6, 6.07) is 3.65. The molecule has 0 aliphatic carbocycles. The van der Waals surface area contributed by atoms with E-state index in [0.29, 0.717) is 18.8 Å². The van der Waals surface area contributed by atoms with Crippen LogP contribution in [-0.2, 0) is 12.0 Å². The Labute approximate surface area is 177 Å². The molecule has 2 aromatic heterocycles. The number of carbonyl (C=O) groups is 1. The average molecular weight is 413 g/mol. The SMILES string of the molecule is Cc1cnc(C(=O)NCC2CCCCN2CCn2nc(C(C)(C)C)ccc2=O)cn1. The first-order valence-corrected chi connectivity index (χ1v) is 10.6. The molecule has 0 saturated carbocycles. The van der Waals surface area contributed by atoms with Gasteiger partial charge in [-0.15, -0.1) is 0 Å². The van der Waals surface area contributed by atoms with E-state index in [0.717, 1.165) is 43.7 Å². The Morgan fingerprint density at radius 3 is 2.67 bits per heavy atom. The van der Waals surface area contributed by atoms with Crippen LogP contribution >= 0.6 is 0 Å². The van der Waals surface area contributed by atoms with Gasteiger partial charge in [0.2, 0.25) is 0 Å². The number of amides is 1. The van der Waals surface area contributed by atoms with E-state index in [1.165, 1.54) is 6.20 Å². The highest BCUT2D eigenvalue weighted by Gasteiger charge is 2.24. The third-order valence-corrected chi connectivity index (χ3v) is 5.49. The van der Waals surface area contributed by atoms with Crippen LogP contribution in [-0.4, -0.2) is 56.2 Å². The van der Waals surface area contributed by atoms with Gasteiger partial charge in [-0.25, -0.2) is 9.67 Å². The van der Waals surface area contributed by atoms with E-state index in [1.807, 2.05) is 13.0 Å². The Hall–Kier alpha value is -2.61. The number of hydrogen-bond acceptors (Lipinski definition) is 6. The lowest BCUT2D eigenvalue weighted by Gasteiger charge is -2.35. The molecule has 1 N–H and O–H groups in total. The average Bonchev–Trinajstić information content (AvgIpc) is 2.71. The maximum absolute atomic E-state index is 12.4. The van der Waals surface area contributed by atoms with E-state index in [9.17, 15) is 9.59 Å². The summed E-state index contributed by atoms with van der Waals surface area (Å²) >= 11 is 0. The molecule has 0 radical (unpaired) electrons. The fraction of sp³-hybridized carbons (Fsp3) is 0.591. The molecule has 1 aliphatic heterocycles. The smallest absolute Gasteiger partial charge is 0.271 e. The number of likely N-dealkylation sites (tertiary alicyclic amines) is 1. The normalized spacial score (nSPS) is 17.7. The molecule has 1 atom stereocenters. The van der Waals surface area contributed by atoms with Crippen LogP contribution in [0.3, 0.4) is 0 Å². The molecule has 30 heavy (non-hydrogen) atoms. The number of aryl methyl sites for hydroxylation is 1. The molecular formula is C22H32N6O2. The highest BCUT2D eigenvalue weighted by Crippen LogP contribution is 2.19. The molecule has 0 aromatic carbocycles. The van der Waals surface area contributed by atoms with Gasteiger partial charge in [-0.1, -0.05) is 27.2 Å². The zero-order chi connectivity index (χ0) is 21.7. The van der Waals surface area contributed by atoms with Crippen molar-refractivity contribution in [2.45, 2.75) is 65.0 Å². The molecule has 0 bridgehead atoms. The van der Waals surface area contributed by atoms with E-state index >= 15 is 0 Å². The van der Waals surface area contributed by atoms with Gasteiger partial charge in [-0.05, 0) is 32.4 Å². The number of nitrogens with zero attached hydrogens (tertiary/aromatic N) is 5. The molecule has 8 nitrogen and oxygen atoms in total. The molecule has 1 amide bonds. The van der Waals surface area contributed by atoms with Gasteiger partial charge >= 0.3 is 0 Å². The summed E-state index contributed by atoms with van der Waals surface area (Å²) in [4.78, 5) is 35.3. The molecule has 3 rings (SSSR count). The maximum Gasteiger partial charge on any atom is 0.271 e. The summed E-state index contributed by atoms with van der Waals surface area (Å²) in [5, 5.41) is 7.56. The summed E-state index contributed by atoms with van der Waals surface area (Å²) < 4.78 is 1.56. The molecule has 2 aromatic rings. The predicted molar refractivity (Wildman–Crippen MR) is 116 cm³/mol. The highest BCUT2D eigenvalue weighted by atomic mass is 16.2. The van der Waals surface area contributed by atoms with Crippen LogP contribution in [0.15, 0.2) is 29.3 Å². The van der Waals surface area contributed by atoms with Crippen molar-refractivity contribution in [1.82, 2.24) is 30.0 Å². The van der Waals surface area contributed by atoms with Gasteiger partial charge < -0.3 is 5.32 Å². The van der Waals surface area contributed by atoms with Gasteiger partial charge in [-0.2, -0.15) is 5.10 Å². The minimum atomic E-state index is -0.205. The fourth-order valence-corrected chi connectivity index (χ4v) is 3.63. The molecule has 0 spiro atoms. The molecule has 1 aliphatic rings. The summed E-state index contributed by atoms with van der Waals surface area (Å²) in [6.07, 6.45) is 6.38. The number of nitrogens with one attached hydrogen (secondary N) is 1. The minimum absolute atomic E-state index is 0.0807. The summed E-state index contributed by atoms with van der Waals surface area (Å²) in [5.74, 6) is -0.205. The molecule has 1 saturated heterocycles. The van der Waals surface area contributed by atoms with Crippen molar-refractivity contribution in [3.05, 3.63) is 52.0 Å². The van der Waals surface area contributed by atoms with Gasteiger partial charge in [0.25, 0.3) is 11.5 Å². The maximum atomic E-state index is 12.4. The van der Waals surface area contributed by atoms with Crippen molar-refractivity contribution in [1.29, 1.82) is 0 Å².